The molecule has 2 nitrogen and oxygen atoms in total. The van der Waals surface area contributed by atoms with E-state index in [2.05, 4.69) is 25.1 Å². The van der Waals surface area contributed by atoms with Crippen LogP contribution in [-0.2, 0) is 19.3 Å². The van der Waals surface area contributed by atoms with E-state index in [0.717, 1.165) is 24.8 Å². The van der Waals surface area contributed by atoms with E-state index in [0.29, 0.717) is 5.56 Å². The lowest BCUT2D eigenvalue weighted by Gasteiger charge is -2.21. The minimum atomic E-state index is -0.849. The number of carboxylic acid groups (broad SMARTS) is 1. The molecule has 0 amide bonds. The van der Waals surface area contributed by atoms with Gasteiger partial charge >= 0.3 is 5.97 Å². The number of carboxylic acids is 1. The number of aryl methyl sites for hydroxylation is 3. The van der Waals surface area contributed by atoms with Gasteiger partial charge in [0.2, 0.25) is 0 Å². The predicted octanol–water partition coefficient (Wildman–Crippen LogP) is 4.49. The molecule has 1 N–H and O–H groups in total. The predicted molar refractivity (Wildman–Crippen MR) is 84.9 cm³/mol. The first-order valence-electron chi connectivity index (χ1n) is 7.67. The maximum atomic E-state index is 11.1. The summed E-state index contributed by atoms with van der Waals surface area (Å²) in [7, 11) is 0. The lowest BCUT2D eigenvalue weighted by molar-refractivity contribution is 0.0697. The zero-order valence-corrected chi connectivity index (χ0v) is 12.4. The second-order valence-electron chi connectivity index (χ2n) is 5.77. The molecule has 0 heterocycles. The third-order valence-corrected chi connectivity index (χ3v) is 4.29. The average Bonchev–Trinajstić information content (AvgIpc) is 2.51. The Morgan fingerprint density at radius 2 is 1.71 bits per heavy atom. The molecular weight excluding hydrogens is 260 g/mol. The van der Waals surface area contributed by atoms with Crippen LogP contribution in [-0.4, -0.2) is 11.1 Å². The fraction of sp³-hybridized carbons (Fsp3) is 0.316. The highest BCUT2D eigenvalue weighted by Crippen LogP contribution is 2.34. The van der Waals surface area contributed by atoms with Crippen molar-refractivity contribution in [2.24, 2.45) is 0 Å². The molecule has 2 heteroatoms. The van der Waals surface area contributed by atoms with Crippen LogP contribution in [0.2, 0.25) is 0 Å². The number of carbonyl (C=O) groups is 1. The van der Waals surface area contributed by atoms with Gasteiger partial charge in [0, 0.05) is 0 Å². The smallest absolute Gasteiger partial charge is 0.335 e. The third-order valence-electron chi connectivity index (χ3n) is 4.29. The van der Waals surface area contributed by atoms with Gasteiger partial charge in [-0.05, 0) is 65.6 Å². The molecule has 0 atom stereocenters. The van der Waals surface area contributed by atoms with Crippen LogP contribution in [0.3, 0.4) is 0 Å². The SMILES string of the molecule is CCCCc1ccc2c(c1)CCc1cc(C(=O)O)ccc1-2. The van der Waals surface area contributed by atoms with Crippen molar-refractivity contribution in [1.29, 1.82) is 0 Å². The summed E-state index contributed by atoms with van der Waals surface area (Å²) in [4.78, 5) is 11.1. The zero-order chi connectivity index (χ0) is 14.8. The summed E-state index contributed by atoms with van der Waals surface area (Å²) in [5, 5.41) is 9.10. The van der Waals surface area contributed by atoms with E-state index in [1.54, 1.807) is 6.07 Å². The minimum Gasteiger partial charge on any atom is -0.478 e. The van der Waals surface area contributed by atoms with Crippen LogP contribution in [0, 0.1) is 0 Å². The van der Waals surface area contributed by atoms with Crippen molar-refractivity contribution < 1.29 is 9.90 Å². The molecule has 0 bridgehead atoms. The number of benzene rings is 2. The standard InChI is InChI=1S/C19H20O2/c1-2-3-4-13-5-9-17-14(11-13)6-7-15-12-16(19(20)21)8-10-18(15)17/h5,8-12H,2-4,6-7H2,1H3,(H,20,21). The van der Waals surface area contributed by atoms with Crippen molar-refractivity contribution >= 4 is 5.97 Å². The topological polar surface area (TPSA) is 37.3 Å². The number of hydrogen-bond acceptors (Lipinski definition) is 1. The van der Waals surface area contributed by atoms with Crippen LogP contribution in [0.4, 0.5) is 0 Å². The molecule has 0 radical (unpaired) electrons. The molecule has 108 valence electrons. The molecule has 0 unspecified atom stereocenters. The molecule has 0 aliphatic heterocycles. The lowest BCUT2D eigenvalue weighted by Crippen LogP contribution is -2.07. The maximum absolute atomic E-state index is 11.1. The van der Waals surface area contributed by atoms with Crippen molar-refractivity contribution in [3.63, 3.8) is 0 Å². The average molecular weight is 280 g/mol. The number of aromatic carboxylic acids is 1. The Morgan fingerprint density at radius 1 is 1.05 bits per heavy atom. The van der Waals surface area contributed by atoms with Crippen molar-refractivity contribution in [1.82, 2.24) is 0 Å². The van der Waals surface area contributed by atoms with Gasteiger partial charge < -0.3 is 5.11 Å². The van der Waals surface area contributed by atoms with Crippen molar-refractivity contribution in [3.8, 4) is 11.1 Å². The monoisotopic (exact) mass is 280 g/mol. The van der Waals surface area contributed by atoms with E-state index >= 15 is 0 Å². The van der Waals surface area contributed by atoms with Crippen LogP contribution >= 0.6 is 0 Å². The zero-order valence-electron chi connectivity index (χ0n) is 12.4. The molecule has 0 saturated carbocycles. The van der Waals surface area contributed by atoms with Crippen LogP contribution in [0.25, 0.3) is 11.1 Å². The highest BCUT2D eigenvalue weighted by atomic mass is 16.4. The molecule has 21 heavy (non-hydrogen) atoms. The highest BCUT2D eigenvalue weighted by Gasteiger charge is 2.17. The van der Waals surface area contributed by atoms with Gasteiger partial charge in [-0.15, -0.1) is 0 Å². The van der Waals surface area contributed by atoms with E-state index in [-0.39, 0.29) is 0 Å². The van der Waals surface area contributed by atoms with Crippen molar-refractivity contribution in [3.05, 3.63) is 58.7 Å². The number of fused-ring (bicyclic) bond motifs is 3. The van der Waals surface area contributed by atoms with Gasteiger partial charge in [-0.3, -0.25) is 0 Å². The Labute approximate surface area is 125 Å². The summed E-state index contributed by atoms with van der Waals surface area (Å²) < 4.78 is 0. The Balaban J connectivity index is 1.97. The Morgan fingerprint density at radius 3 is 2.38 bits per heavy atom. The normalized spacial score (nSPS) is 12.6. The third kappa shape index (κ3) is 2.71. The maximum Gasteiger partial charge on any atom is 0.335 e. The molecule has 2 aromatic rings. The van der Waals surface area contributed by atoms with Crippen LogP contribution in [0.15, 0.2) is 36.4 Å². The molecule has 0 aromatic heterocycles. The van der Waals surface area contributed by atoms with E-state index in [4.69, 9.17) is 5.11 Å². The quantitative estimate of drug-likeness (QED) is 0.895. The first-order valence-corrected chi connectivity index (χ1v) is 7.67. The van der Waals surface area contributed by atoms with E-state index in [9.17, 15) is 4.79 Å². The fourth-order valence-electron chi connectivity index (χ4n) is 3.12. The molecule has 3 rings (SSSR count). The van der Waals surface area contributed by atoms with Gasteiger partial charge in [0.1, 0.15) is 0 Å². The first kappa shape index (κ1) is 13.9. The van der Waals surface area contributed by atoms with E-state index in [1.807, 2.05) is 12.1 Å². The van der Waals surface area contributed by atoms with Gasteiger partial charge in [-0.1, -0.05) is 37.6 Å². The number of unbranched alkanes of at least 4 members (excludes halogenated alkanes) is 1. The Kier molecular flexibility index (Phi) is 3.78. The Bertz CT molecular complexity index is 686. The second-order valence-corrected chi connectivity index (χ2v) is 5.77. The van der Waals surface area contributed by atoms with Gasteiger partial charge in [0.25, 0.3) is 0 Å². The van der Waals surface area contributed by atoms with Crippen LogP contribution in [0.5, 0.6) is 0 Å². The summed E-state index contributed by atoms with van der Waals surface area (Å²) in [5.41, 5.74) is 6.83. The molecule has 1 aliphatic rings. The highest BCUT2D eigenvalue weighted by molar-refractivity contribution is 5.89. The molecule has 0 spiro atoms. The largest absolute Gasteiger partial charge is 0.478 e. The molecular formula is C19H20O2. The first-order chi connectivity index (χ1) is 10.2. The van der Waals surface area contributed by atoms with Crippen LogP contribution in [0.1, 0.15) is 46.8 Å². The number of rotatable bonds is 4. The van der Waals surface area contributed by atoms with Crippen LogP contribution < -0.4 is 0 Å². The van der Waals surface area contributed by atoms with Gasteiger partial charge in [-0.2, -0.15) is 0 Å². The summed E-state index contributed by atoms with van der Waals surface area (Å²) in [6.07, 6.45) is 5.54. The lowest BCUT2D eigenvalue weighted by atomic mass is 9.83. The van der Waals surface area contributed by atoms with Gasteiger partial charge in [-0.25, -0.2) is 4.79 Å². The summed E-state index contributed by atoms with van der Waals surface area (Å²) >= 11 is 0. The molecule has 2 aromatic carbocycles. The molecule has 0 saturated heterocycles. The summed E-state index contributed by atoms with van der Waals surface area (Å²) in [6.45, 7) is 2.22. The van der Waals surface area contributed by atoms with Crippen molar-refractivity contribution in [2.75, 3.05) is 0 Å². The fourth-order valence-corrected chi connectivity index (χ4v) is 3.12. The van der Waals surface area contributed by atoms with Gasteiger partial charge in [0.15, 0.2) is 0 Å². The minimum absolute atomic E-state index is 0.386. The summed E-state index contributed by atoms with van der Waals surface area (Å²) in [5.74, 6) is -0.849. The van der Waals surface area contributed by atoms with E-state index < -0.39 is 5.97 Å². The van der Waals surface area contributed by atoms with Crippen molar-refractivity contribution in [2.45, 2.75) is 39.0 Å². The summed E-state index contributed by atoms with van der Waals surface area (Å²) in [6, 6.07) is 12.3. The van der Waals surface area contributed by atoms with Gasteiger partial charge in [0.05, 0.1) is 5.56 Å². The second kappa shape index (κ2) is 5.72. The number of hydrogen-bond donors (Lipinski definition) is 1. The molecule has 0 fully saturated rings. The Hall–Kier alpha value is -2.09. The van der Waals surface area contributed by atoms with E-state index in [1.165, 1.54) is 35.1 Å². The molecule has 1 aliphatic carbocycles.